The number of halogens is 5. The fourth-order valence-corrected chi connectivity index (χ4v) is 6.10. The Labute approximate surface area is 234 Å². The number of aromatic nitrogens is 2. The van der Waals surface area contributed by atoms with Crippen LogP contribution in [-0.2, 0) is 16.0 Å². The summed E-state index contributed by atoms with van der Waals surface area (Å²) in [6, 6.07) is 11.3. The van der Waals surface area contributed by atoms with Gasteiger partial charge in [0.2, 0.25) is 0 Å². The van der Waals surface area contributed by atoms with E-state index in [1.54, 1.807) is 24.0 Å². The van der Waals surface area contributed by atoms with Gasteiger partial charge in [-0.25, -0.2) is 14.8 Å². The molecule has 14 heteroatoms. The zero-order valence-corrected chi connectivity index (χ0v) is 22.7. The van der Waals surface area contributed by atoms with Gasteiger partial charge in [0.25, 0.3) is 0 Å². The van der Waals surface area contributed by atoms with E-state index in [0.29, 0.717) is 40.4 Å². The highest BCUT2D eigenvalue weighted by Gasteiger charge is 2.42. The molecule has 0 atom stereocenters. The minimum atomic E-state index is -5.08. The highest BCUT2D eigenvalue weighted by Crippen LogP contribution is 2.46. The highest BCUT2D eigenvalue weighted by atomic mass is 35.5. The summed E-state index contributed by atoms with van der Waals surface area (Å²) >= 11 is 15.6. The van der Waals surface area contributed by atoms with Gasteiger partial charge in [0.05, 0.1) is 15.5 Å². The molecular formula is C24H22Cl2F3N3O4S2. The van der Waals surface area contributed by atoms with Gasteiger partial charge >= 0.3 is 18.1 Å². The van der Waals surface area contributed by atoms with Crippen molar-refractivity contribution < 1.29 is 33.0 Å². The number of carboxylic acids is 2. The Morgan fingerprint density at radius 2 is 1.79 bits per heavy atom. The third kappa shape index (κ3) is 8.23. The number of carbonyl (C=O) groups is 2. The number of alkyl halides is 3. The summed E-state index contributed by atoms with van der Waals surface area (Å²) in [5.74, 6) is -2.84. The number of hydrogen-bond acceptors (Lipinski definition) is 7. The third-order valence-corrected chi connectivity index (χ3v) is 8.81. The zero-order valence-electron chi connectivity index (χ0n) is 19.5. The maximum Gasteiger partial charge on any atom is 0.490 e. The summed E-state index contributed by atoms with van der Waals surface area (Å²) in [5.41, 5.74) is -0.0323. The number of anilines is 2. The number of carboxylic acid groups (broad SMARTS) is 2. The molecule has 204 valence electrons. The van der Waals surface area contributed by atoms with Gasteiger partial charge in [0.1, 0.15) is 5.82 Å². The van der Waals surface area contributed by atoms with Crippen molar-refractivity contribution in [2.75, 3.05) is 5.32 Å². The van der Waals surface area contributed by atoms with Crippen molar-refractivity contribution in [2.24, 2.45) is 5.41 Å². The minimum Gasteiger partial charge on any atom is -0.481 e. The molecule has 1 fully saturated rings. The molecule has 1 aliphatic rings. The summed E-state index contributed by atoms with van der Waals surface area (Å²) in [4.78, 5) is 31.0. The van der Waals surface area contributed by atoms with Crippen molar-refractivity contribution in [2.45, 2.75) is 48.4 Å². The maximum atomic E-state index is 12.3. The van der Waals surface area contributed by atoms with Gasteiger partial charge < -0.3 is 15.5 Å². The van der Waals surface area contributed by atoms with Crippen LogP contribution in [0.1, 0.15) is 31.4 Å². The molecule has 7 nitrogen and oxygen atoms in total. The van der Waals surface area contributed by atoms with Crippen LogP contribution < -0.4 is 5.32 Å². The lowest BCUT2D eigenvalue weighted by atomic mass is 9.71. The number of thiazole rings is 1. The Hall–Kier alpha value is -2.54. The van der Waals surface area contributed by atoms with E-state index < -0.39 is 23.5 Å². The van der Waals surface area contributed by atoms with E-state index in [0.717, 1.165) is 28.6 Å². The number of rotatable bonds is 7. The molecule has 0 bridgehead atoms. The van der Waals surface area contributed by atoms with Crippen LogP contribution in [0.15, 0.2) is 52.9 Å². The van der Waals surface area contributed by atoms with Crippen LogP contribution in [0.3, 0.4) is 0 Å². The average Bonchev–Trinajstić information content (AvgIpc) is 3.36. The Balaban J connectivity index is 0.000000505. The number of pyridine rings is 1. The normalized spacial score (nSPS) is 19.2. The molecule has 4 rings (SSSR count). The van der Waals surface area contributed by atoms with Crippen molar-refractivity contribution >= 4 is 69.2 Å². The first kappa shape index (κ1) is 30.0. The van der Waals surface area contributed by atoms with Crippen LogP contribution in [0.5, 0.6) is 0 Å². The van der Waals surface area contributed by atoms with Crippen molar-refractivity contribution in [3.8, 4) is 0 Å². The fourth-order valence-electron chi connectivity index (χ4n) is 3.87. The third-order valence-electron chi connectivity index (χ3n) is 5.79. The summed E-state index contributed by atoms with van der Waals surface area (Å²) in [6.07, 6.45) is -0.143. The van der Waals surface area contributed by atoms with Crippen molar-refractivity contribution in [3.63, 3.8) is 0 Å². The quantitative estimate of drug-likeness (QED) is 0.252. The van der Waals surface area contributed by atoms with Crippen LogP contribution >= 0.6 is 46.3 Å². The summed E-state index contributed by atoms with van der Waals surface area (Å²) in [7, 11) is 0. The molecule has 1 aromatic carbocycles. The smallest absolute Gasteiger partial charge is 0.481 e. The minimum absolute atomic E-state index is 0.314. The fraction of sp³-hybridized carbons (Fsp3) is 0.333. The molecule has 0 radical (unpaired) electrons. The molecule has 0 aliphatic heterocycles. The van der Waals surface area contributed by atoms with Crippen LogP contribution in [-0.4, -0.2) is 43.5 Å². The predicted molar refractivity (Wildman–Crippen MR) is 142 cm³/mol. The van der Waals surface area contributed by atoms with Gasteiger partial charge in [0, 0.05) is 33.8 Å². The molecule has 2 heterocycles. The van der Waals surface area contributed by atoms with Crippen LogP contribution in [0.4, 0.5) is 24.1 Å². The zero-order chi connectivity index (χ0) is 27.9. The Bertz CT molecular complexity index is 1250. The SMILES string of the molecule is O=C(O)C(F)(F)F.O=C(O)C1(Cc2cccc(Nc3nccs3)n2)CCC(Sc2cccc(Cl)c2Cl)CC1. The standard InChI is InChI=1S/C22H21Cl2N3O2S2.C2HF3O2/c23-16-4-2-5-17(19(16)24)31-15-7-9-22(10-8-15,20(28)29)13-14-3-1-6-18(26-14)27-21-25-11-12-30-21;3-2(4,5)1(6)7/h1-6,11-12,15H,7-10,13H2,(H,28,29)(H,25,26,27);(H,6,7). The number of nitrogens with one attached hydrogen (secondary N) is 1. The van der Waals surface area contributed by atoms with Gasteiger partial charge in [0.15, 0.2) is 5.13 Å². The van der Waals surface area contributed by atoms with Crippen molar-refractivity contribution in [1.29, 1.82) is 0 Å². The average molecular weight is 608 g/mol. The molecule has 1 saturated carbocycles. The van der Waals surface area contributed by atoms with Crippen LogP contribution in [0, 0.1) is 5.41 Å². The maximum absolute atomic E-state index is 12.3. The number of nitrogens with zero attached hydrogens (tertiary/aromatic N) is 2. The molecular weight excluding hydrogens is 586 g/mol. The molecule has 0 spiro atoms. The first-order chi connectivity index (χ1) is 17.9. The lowest BCUT2D eigenvalue weighted by Crippen LogP contribution is -2.38. The van der Waals surface area contributed by atoms with E-state index in [4.69, 9.17) is 33.1 Å². The van der Waals surface area contributed by atoms with Gasteiger partial charge in [-0.1, -0.05) is 35.3 Å². The second-order valence-corrected chi connectivity index (χ2v) is 11.4. The topological polar surface area (TPSA) is 112 Å². The Morgan fingerprint density at radius 1 is 1.13 bits per heavy atom. The second-order valence-electron chi connectivity index (χ2n) is 8.41. The molecule has 0 unspecified atom stereocenters. The molecule has 3 N–H and O–H groups in total. The van der Waals surface area contributed by atoms with Crippen molar-refractivity contribution in [1.82, 2.24) is 9.97 Å². The van der Waals surface area contributed by atoms with Gasteiger partial charge in [-0.2, -0.15) is 13.2 Å². The lowest BCUT2D eigenvalue weighted by Gasteiger charge is -2.36. The molecule has 1 aliphatic carbocycles. The predicted octanol–water partition coefficient (Wildman–Crippen LogP) is 7.57. The second kappa shape index (κ2) is 13.0. The first-order valence-corrected chi connectivity index (χ1v) is 13.7. The van der Waals surface area contributed by atoms with E-state index in [2.05, 4.69) is 15.3 Å². The molecule has 3 aromatic rings. The highest BCUT2D eigenvalue weighted by molar-refractivity contribution is 8.00. The summed E-state index contributed by atoms with van der Waals surface area (Å²) in [6.45, 7) is 0. The van der Waals surface area contributed by atoms with Crippen molar-refractivity contribution in [3.05, 3.63) is 63.7 Å². The molecule has 2 aromatic heterocycles. The number of thioether (sulfide) groups is 1. The van der Waals surface area contributed by atoms with E-state index in [9.17, 15) is 23.1 Å². The number of hydrogen-bond donors (Lipinski definition) is 3. The summed E-state index contributed by atoms with van der Waals surface area (Å²) in [5, 5.41) is 24.5. The van der Waals surface area contributed by atoms with Gasteiger partial charge in [-0.3, -0.25) is 4.79 Å². The van der Waals surface area contributed by atoms with E-state index in [1.165, 1.54) is 11.3 Å². The van der Waals surface area contributed by atoms with Crippen LogP contribution in [0.2, 0.25) is 10.0 Å². The van der Waals surface area contributed by atoms with E-state index in [-0.39, 0.29) is 0 Å². The largest absolute Gasteiger partial charge is 0.490 e. The monoisotopic (exact) mass is 607 g/mol. The molecule has 0 amide bonds. The molecule has 0 saturated heterocycles. The van der Waals surface area contributed by atoms with Gasteiger partial charge in [-0.15, -0.1) is 23.1 Å². The first-order valence-electron chi connectivity index (χ1n) is 11.2. The summed E-state index contributed by atoms with van der Waals surface area (Å²) < 4.78 is 31.7. The number of benzene rings is 1. The van der Waals surface area contributed by atoms with Crippen LogP contribution in [0.25, 0.3) is 0 Å². The number of aliphatic carboxylic acids is 2. The van der Waals surface area contributed by atoms with E-state index >= 15 is 0 Å². The van der Waals surface area contributed by atoms with E-state index in [1.807, 2.05) is 35.7 Å². The molecule has 38 heavy (non-hydrogen) atoms. The van der Waals surface area contributed by atoms with Gasteiger partial charge in [-0.05, 0) is 49.9 Å². The Morgan fingerprint density at radius 3 is 2.37 bits per heavy atom. The lowest BCUT2D eigenvalue weighted by molar-refractivity contribution is -0.192. The Kier molecular flexibility index (Phi) is 10.3.